The van der Waals surface area contributed by atoms with Crippen molar-refractivity contribution in [1.82, 2.24) is 10.2 Å². The van der Waals surface area contributed by atoms with Gasteiger partial charge in [0.1, 0.15) is 0 Å². The fraction of sp³-hybridized carbons (Fsp3) is 0.600. The van der Waals surface area contributed by atoms with E-state index in [1.807, 2.05) is 0 Å². The van der Waals surface area contributed by atoms with E-state index in [-0.39, 0.29) is 40.8 Å². The zero-order chi connectivity index (χ0) is 20.1. The minimum absolute atomic E-state index is 0.0186. The summed E-state index contributed by atoms with van der Waals surface area (Å²) in [6, 6.07) is 4.45. The molecule has 1 aromatic rings. The van der Waals surface area contributed by atoms with Crippen LogP contribution in [0.1, 0.15) is 55.3 Å². The third-order valence-corrected chi connectivity index (χ3v) is 5.65. The van der Waals surface area contributed by atoms with Crippen LogP contribution in [-0.4, -0.2) is 47.9 Å². The monoisotopic (exact) mass is 389 g/mol. The number of likely N-dealkylation sites (tertiary alicyclic amines) is 1. The zero-order valence-corrected chi connectivity index (χ0v) is 16.2. The first-order valence-electron chi connectivity index (χ1n) is 9.91. The predicted molar refractivity (Wildman–Crippen MR) is 103 cm³/mol. The van der Waals surface area contributed by atoms with Crippen LogP contribution < -0.4 is 10.1 Å². The van der Waals surface area contributed by atoms with Crippen LogP contribution in [0.3, 0.4) is 0 Å². The van der Waals surface area contributed by atoms with Crippen LogP contribution in [0.5, 0.6) is 5.75 Å². The summed E-state index contributed by atoms with van der Waals surface area (Å²) >= 11 is 0. The number of carbonyl (C=O) groups excluding carboxylic acids is 2. The molecule has 2 aliphatic rings. The van der Waals surface area contributed by atoms with Gasteiger partial charge in [-0.3, -0.25) is 19.7 Å². The Morgan fingerprint density at radius 3 is 2.61 bits per heavy atom. The van der Waals surface area contributed by atoms with Crippen molar-refractivity contribution < 1.29 is 19.2 Å². The number of nitrogens with zero attached hydrogens (tertiary/aromatic N) is 2. The maximum absolute atomic E-state index is 12.9. The number of hydrogen-bond donors (Lipinski definition) is 1. The average molecular weight is 389 g/mol. The summed E-state index contributed by atoms with van der Waals surface area (Å²) in [6.45, 7) is 0.892. The van der Waals surface area contributed by atoms with Crippen molar-refractivity contribution in [2.45, 2.75) is 51.0 Å². The highest BCUT2D eigenvalue weighted by Crippen LogP contribution is 2.29. The fourth-order valence-corrected chi connectivity index (χ4v) is 4.09. The van der Waals surface area contributed by atoms with Gasteiger partial charge in [0, 0.05) is 30.8 Å². The largest absolute Gasteiger partial charge is 0.490 e. The highest BCUT2D eigenvalue weighted by molar-refractivity contribution is 5.95. The molecular formula is C20H27N3O5. The number of piperidine rings is 1. The highest BCUT2D eigenvalue weighted by atomic mass is 16.6. The minimum Gasteiger partial charge on any atom is -0.490 e. The Labute approximate surface area is 164 Å². The lowest BCUT2D eigenvalue weighted by Crippen LogP contribution is -2.47. The summed E-state index contributed by atoms with van der Waals surface area (Å²) in [5, 5.41) is 14.4. The highest BCUT2D eigenvalue weighted by Gasteiger charge is 2.31. The lowest BCUT2D eigenvalue weighted by atomic mass is 9.92. The smallest absolute Gasteiger partial charge is 0.311 e. The molecule has 1 atom stereocenters. The standard InChI is InChI=1S/C20H27N3O5/c1-28-18-10-9-14(12-17(18)23(26)27)20(25)22-11-5-6-15(13-22)19(24)21-16-7-3-2-4-8-16/h9-10,12,15-16H,2-8,11,13H2,1H3,(H,21,24). The molecule has 3 rings (SSSR count). The first kappa shape index (κ1) is 20.1. The molecule has 1 aliphatic carbocycles. The van der Waals surface area contributed by atoms with Gasteiger partial charge in [0.2, 0.25) is 5.91 Å². The number of nitro groups is 1. The van der Waals surface area contributed by atoms with Gasteiger partial charge in [-0.05, 0) is 37.8 Å². The summed E-state index contributed by atoms with van der Waals surface area (Å²) in [6.07, 6.45) is 7.07. The van der Waals surface area contributed by atoms with Crippen molar-refractivity contribution in [2.24, 2.45) is 5.92 Å². The van der Waals surface area contributed by atoms with Crippen LogP contribution in [0.2, 0.25) is 0 Å². The molecule has 0 bridgehead atoms. The van der Waals surface area contributed by atoms with E-state index < -0.39 is 4.92 Å². The second-order valence-electron chi connectivity index (χ2n) is 7.58. The van der Waals surface area contributed by atoms with Crippen LogP contribution in [0.15, 0.2) is 18.2 Å². The van der Waals surface area contributed by atoms with Crippen molar-refractivity contribution >= 4 is 17.5 Å². The molecule has 1 saturated carbocycles. The summed E-state index contributed by atoms with van der Waals surface area (Å²) < 4.78 is 4.99. The van der Waals surface area contributed by atoms with Gasteiger partial charge < -0.3 is 15.0 Å². The summed E-state index contributed by atoms with van der Waals surface area (Å²) in [4.78, 5) is 37.8. The Morgan fingerprint density at radius 2 is 1.93 bits per heavy atom. The maximum Gasteiger partial charge on any atom is 0.311 e. The quantitative estimate of drug-likeness (QED) is 0.616. The third-order valence-electron chi connectivity index (χ3n) is 5.65. The molecule has 1 aromatic carbocycles. The van der Waals surface area contributed by atoms with E-state index in [0.29, 0.717) is 13.1 Å². The van der Waals surface area contributed by atoms with Gasteiger partial charge in [0.25, 0.3) is 5.91 Å². The second kappa shape index (κ2) is 9.03. The minimum atomic E-state index is -0.563. The Kier molecular flexibility index (Phi) is 6.49. The van der Waals surface area contributed by atoms with E-state index in [1.54, 1.807) is 4.90 Å². The van der Waals surface area contributed by atoms with Gasteiger partial charge in [-0.2, -0.15) is 0 Å². The van der Waals surface area contributed by atoms with Crippen molar-refractivity contribution in [3.63, 3.8) is 0 Å². The number of carbonyl (C=O) groups is 2. The number of hydrogen-bond acceptors (Lipinski definition) is 5. The molecule has 0 spiro atoms. The summed E-state index contributed by atoms with van der Waals surface area (Å²) in [5.74, 6) is -0.385. The number of nitro benzene ring substituents is 1. The molecule has 2 fully saturated rings. The maximum atomic E-state index is 12.9. The molecule has 1 saturated heterocycles. The molecule has 8 heteroatoms. The van der Waals surface area contributed by atoms with Crippen LogP contribution in [-0.2, 0) is 4.79 Å². The Morgan fingerprint density at radius 1 is 1.18 bits per heavy atom. The number of nitrogens with one attached hydrogen (secondary N) is 1. The second-order valence-corrected chi connectivity index (χ2v) is 7.58. The molecular weight excluding hydrogens is 362 g/mol. The Balaban J connectivity index is 1.66. The van der Waals surface area contributed by atoms with E-state index in [1.165, 1.54) is 31.7 Å². The van der Waals surface area contributed by atoms with Crippen molar-refractivity contribution in [3.05, 3.63) is 33.9 Å². The molecule has 1 N–H and O–H groups in total. The summed E-state index contributed by atoms with van der Waals surface area (Å²) in [5.41, 5.74) is -0.00205. The SMILES string of the molecule is COc1ccc(C(=O)N2CCCC(C(=O)NC3CCCCC3)C2)cc1[N+](=O)[O-]. The lowest BCUT2D eigenvalue weighted by Gasteiger charge is -2.33. The molecule has 0 aromatic heterocycles. The van der Waals surface area contributed by atoms with Crippen molar-refractivity contribution in [2.75, 3.05) is 20.2 Å². The molecule has 8 nitrogen and oxygen atoms in total. The Bertz CT molecular complexity index is 745. The predicted octanol–water partition coefficient (Wildman–Crippen LogP) is 2.90. The van der Waals surface area contributed by atoms with Gasteiger partial charge in [0.05, 0.1) is 18.0 Å². The lowest BCUT2D eigenvalue weighted by molar-refractivity contribution is -0.385. The molecule has 1 aliphatic heterocycles. The molecule has 152 valence electrons. The van der Waals surface area contributed by atoms with Crippen LogP contribution in [0, 0.1) is 16.0 Å². The molecule has 1 heterocycles. The van der Waals surface area contributed by atoms with Crippen LogP contribution in [0.25, 0.3) is 0 Å². The number of methoxy groups -OCH3 is 1. The topological polar surface area (TPSA) is 102 Å². The van der Waals surface area contributed by atoms with Gasteiger partial charge in [-0.15, -0.1) is 0 Å². The fourth-order valence-electron chi connectivity index (χ4n) is 4.09. The van der Waals surface area contributed by atoms with Crippen LogP contribution in [0.4, 0.5) is 5.69 Å². The summed E-state index contributed by atoms with van der Waals surface area (Å²) in [7, 11) is 1.35. The normalized spacial score (nSPS) is 20.5. The van der Waals surface area contributed by atoms with Gasteiger partial charge in [-0.25, -0.2) is 0 Å². The number of benzene rings is 1. The first-order valence-corrected chi connectivity index (χ1v) is 9.91. The molecule has 0 radical (unpaired) electrons. The van der Waals surface area contributed by atoms with Gasteiger partial charge >= 0.3 is 5.69 Å². The van der Waals surface area contributed by atoms with Gasteiger partial charge in [-0.1, -0.05) is 19.3 Å². The molecule has 1 unspecified atom stereocenters. The zero-order valence-electron chi connectivity index (χ0n) is 16.2. The van der Waals surface area contributed by atoms with E-state index in [9.17, 15) is 19.7 Å². The molecule has 28 heavy (non-hydrogen) atoms. The third kappa shape index (κ3) is 4.61. The van der Waals surface area contributed by atoms with Crippen molar-refractivity contribution in [3.8, 4) is 5.75 Å². The Hall–Kier alpha value is -2.64. The van der Waals surface area contributed by atoms with Crippen molar-refractivity contribution in [1.29, 1.82) is 0 Å². The number of ether oxygens (including phenoxy) is 1. The van der Waals surface area contributed by atoms with E-state index in [0.717, 1.165) is 38.5 Å². The van der Waals surface area contributed by atoms with Crippen LogP contribution >= 0.6 is 0 Å². The number of rotatable bonds is 5. The number of amides is 2. The van der Waals surface area contributed by atoms with E-state index in [4.69, 9.17) is 4.74 Å². The van der Waals surface area contributed by atoms with E-state index >= 15 is 0 Å². The van der Waals surface area contributed by atoms with E-state index in [2.05, 4.69) is 5.32 Å². The first-order chi connectivity index (χ1) is 13.5. The van der Waals surface area contributed by atoms with Gasteiger partial charge in [0.15, 0.2) is 5.75 Å². The average Bonchev–Trinajstić information content (AvgIpc) is 2.73. The molecule has 2 amide bonds.